The number of methoxy groups -OCH3 is 1. The lowest BCUT2D eigenvalue weighted by atomic mass is 10.1. The molecule has 2 aromatic carbocycles. The predicted molar refractivity (Wildman–Crippen MR) is 130 cm³/mol. The molecule has 33 heavy (non-hydrogen) atoms. The zero-order valence-corrected chi connectivity index (χ0v) is 18.5. The fourth-order valence-corrected chi connectivity index (χ4v) is 3.34. The van der Waals surface area contributed by atoms with Gasteiger partial charge in [-0.1, -0.05) is 54.3 Å². The zero-order valence-electron chi connectivity index (χ0n) is 18.5. The summed E-state index contributed by atoms with van der Waals surface area (Å²) >= 11 is 0. The number of carbonyl (C=O) groups is 1. The van der Waals surface area contributed by atoms with Crippen LogP contribution in [0.1, 0.15) is 27.0 Å². The highest BCUT2D eigenvalue weighted by Gasteiger charge is 2.14. The number of nitrogens with zero attached hydrogens (tertiary/aromatic N) is 3. The average Bonchev–Trinajstić information content (AvgIpc) is 2.88. The van der Waals surface area contributed by atoms with E-state index in [1.54, 1.807) is 24.5 Å². The van der Waals surface area contributed by atoms with Gasteiger partial charge in [0, 0.05) is 42.7 Å². The quantitative estimate of drug-likeness (QED) is 0.329. The van der Waals surface area contributed by atoms with Gasteiger partial charge in [0.05, 0.1) is 18.4 Å². The maximum Gasteiger partial charge on any atom is 0.338 e. The molecule has 0 N–H and O–H groups in total. The molecule has 4 rings (SSSR count). The van der Waals surface area contributed by atoms with Crippen molar-refractivity contribution in [1.82, 2.24) is 9.97 Å². The van der Waals surface area contributed by atoms with Crippen LogP contribution < -0.4 is 4.90 Å². The molecule has 0 radical (unpaired) electrons. The van der Waals surface area contributed by atoms with Crippen LogP contribution in [0.5, 0.6) is 0 Å². The standard InChI is InChI=1S/C28H23N3O2/c1-31(20-23-7-4-3-5-8-23)27-18-25(28(32)33-2)17-26(30-27)24-14-12-21(13-15-24)10-11-22-9-6-16-29-19-22/h3-9,12-19H,20H2,1-2H3. The maximum absolute atomic E-state index is 12.3. The smallest absolute Gasteiger partial charge is 0.338 e. The van der Waals surface area contributed by atoms with E-state index in [9.17, 15) is 4.79 Å². The number of hydrogen-bond donors (Lipinski definition) is 0. The van der Waals surface area contributed by atoms with Crippen LogP contribution in [-0.2, 0) is 11.3 Å². The summed E-state index contributed by atoms with van der Waals surface area (Å²) in [6.45, 7) is 0.667. The molecule has 0 bridgehead atoms. The third-order valence-electron chi connectivity index (χ3n) is 5.08. The lowest BCUT2D eigenvalue weighted by Crippen LogP contribution is -2.18. The number of aromatic nitrogens is 2. The Morgan fingerprint density at radius 2 is 1.70 bits per heavy atom. The normalized spacial score (nSPS) is 10.1. The van der Waals surface area contributed by atoms with Gasteiger partial charge in [-0.3, -0.25) is 4.98 Å². The topological polar surface area (TPSA) is 55.3 Å². The summed E-state index contributed by atoms with van der Waals surface area (Å²) in [4.78, 5) is 23.2. The number of carbonyl (C=O) groups excluding carboxylic acids is 1. The van der Waals surface area contributed by atoms with Gasteiger partial charge in [0.15, 0.2) is 0 Å². The Morgan fingerprint density at radius 1 is 0.939 bits per heavy atom. The summed E-state index contributed by atoms with van der Waals surface area (Å²) in [5.41, 5.74) is 4.94. The minimum absolute atomic E-state index is 0.396. The van der Waals surface area contributed by atoms with E-state index >= 15 is 0 Å². The summed E-state index contributed by atoms with van der Waals surface area (Å²) in [5, 5.41) is 0. The first-order chi connectivity index (χ1) is 16.1. The van der Waals surface area contributed by atoms with Crippen molar-refractivity contribution in [3.8, 4) is 23.1 Å². The van der Waals surface area contributed by atoms with Gasteiger partial charge in [0.1, 0.15) is 5.82 Å². The molecule has 0 unspecified atom stereocenters. The number of hydrogen-bond acceptors (Lipinski definition) is 5. The number of benzene rings is 2. The molecule has 0 atom stereocenters. The fraction of sp³-hybridized carbons (Fsp3) is 0.107. The van der Waals surface area contributed by atoms with E-state index in [2.05, 4.69) is 29.0 Å². The van der Waals surface area contributed by atoms with Crippen molar-refractivity contribution in [2.24, 2.45) is 0 Å². The molecule has 2 aromatic heterocycles. The van der Waals surface area contributed by atoms with Gasteiger partial charge in [-0.05, 0) is 42.0 Å². The largest absolute Gasteiger partial charge is 0.465 e. The van der Waals surface area contributed by atoms with Crippen LogP contribution in [0.15, 0.2) is 91.3 Å². The molecule has 2 heterocycles. The van der Waals surface area contributed by atoms with E-state index in [-0.39, 0.29) is 0 Å². The van der Waals surface area contributed by atoms with E-state index in [0.717, 1.165) is 22.3 Å². The molecule has 0 aliphatic rings. The van der Waals surface area contributed by atoms with Gasteiger partial charge in [0.25, 0.3) is 0 Å². The third-order valence-corrected chi connectivity index (χ3v) is 5.08. The second-order valence-electron chi connectivity index (χ2n) is 7.50. The Balaban J connectivity index is 1.63. The van der Waals surface area contributed by atoms with Crippen molar-refractivity contribution in [2.75, 3.05) is 19.1 Å². The van der Waals surface area contributed by atoms with Crippen LogP contribution in [0.25, 0.3) is 11.3 Å². The molecule has 0 aliphatic carbocycles. The molecule has 0 amide bonds. The van der Waals surface area contributed by atoms with E-state index in [1.807, 2.05) is 66.5 Å². The minimum Gasteiger partial charge on any atom is -0.465 e. The first-order valence-electron chi connectivity index (χ1n) is 10.5. The van der Waals surface area contributed by atoms with Crippen molar-refractivity contribution in [2.45, 2.75) is 6.54 Å². The highest BCUT2D eigenvalue weighted by molar-refractivity contribution is 5.91. The summed E-state index contributed by atoms with van der Waals surface area (Å²) in [5.74, 6) is 6.54. The van der Waals surface area contributed by atoms with Gasteiger partial charge in [-0.15, -0.1) is 0 Å². The molecule has 5 nitrogen and oxygen atoms in total. The van der Waals surface area contributed by atoms with E-state index in [0.29, 0.717) is 23.6 Å². The SMILES string of the molecule is COC(=O)c1cc(-c2ccc(C#Cc3cccnc3)cc2)nc(N(C)Cc2ccccc2)c1. The summed E-state index contributed by atoms with van der Waals surface area (Å²) in [7, 11) is 3.34. The Kier molecular flexibility index (Phi) is 6.77. The fourth-order valence-electron chi connectivity index (χ4n) is 3.34. The number of rotatable bonds is 5. The molecule has 0 fully saturated rings. The number of esters is 1. The number of ether oxygens (including phenoxy) is 1. The monoisotopic (exact) mass is 433 g/mol. The van der Waals surface area contributed by atoms with Gasteiger partial charge in [-0.25, -0.2) is 9.78 Å². The third kappa shape index (κ3) is 5.63. The molecule has 4 aromatic rings. The highest BCUT2D eigenvalue weighted by atomic mass is 16.5. The summed E-state index contributed by atoms with van der Waals surface area (Å²) < 4.78 is 4.96. The molecule has 0 saturated heterocycles. The second-order valence-corrected chi connectivity index (χ2v) is 7.50. The van der Waals surface area contributed by atoms with Crippen molar-refractivity contribution in [3.63, 3.8) is 0 Å². The van der Waals surface area contributed by atoms with Crippen LogP contribution in [-0.4, -0.2) is 30.1 Å². The molecule has 0 spiro atoms. The predicted octanol–water partition coefficient (Wildman–Crippen LogP) is 4.97. The van der Waals surface area contributed by atoms with Crippen molar-refractivity contribution in [1.29, 1.82) is 0 Å². The first-order valence-corrected chi connectivity index (χ1v) is 10.5. The summed E-state index contributed by atoms with van der Waals surface area (Å²) in [6.07, 6.45) is 3.46. The van der Waals surface area contributed by atoms with Gasteiger partial charge in [-0.2, -0.15) is 0 Å². The van der Waals surface area contributed by atoms with Crippen LogP contribution in [0.3, 0.4) is 0 Å². The van der Waals surface area contributed by atoms with Crippen molar-refractivity contribution < 1.29 is 9.53 Å². The Morgan fingerprint density at radius 3 is 2.39 bits per heavy atom. The molecular weight excluding hydrogens is 410 g/mol. The van der Waals surface area contributed by atoms with E-state index in [4.69, 9.17) is 9.72 Å². The van der Waals surface area contributed by atoms with Crippen LogP contribution in [0.4, 0.5) is 5.82 Å². The van der Waals surface area contributed by atoms with Crippen LogP contribution in [0, 0.1) is 11.8 Å². The first kappa shape index (κ1) is 21.8. The highest BCUT2D eigenvalue weighted by Crippen LogP contribution is 2.24. The van der Waals surface area contributed by atoms with Crippen LogP contribution >= 0.6 is 0 Å². The lowest BCUT2D eigenvalue weighted by Gasteiger charge is -2.20. The number of anilines is 1. The van der Waals surface area contributed by atoms with Crippen molar-refractivity contribution >= 4 is 11.8 Å². The molecule has 0 saturated carbocycles. The molecule has 5 heteroatoms. The maximum atomic E-state index is 12.3. The zero-order chi connectivity index (χ0) is 23.0. The Labute approximate surface area is 193 Å². The average molecular weight is 434 g/mol. The summed E-state index contributed by atoms with van der Waals surface area (Å²) in [6, 6.07) is 25.2. The van der Waals surface area contributed by atoms with Gasteiger partial charge >= 0.3 is 5.97 Å². The van der Waals surface area contributed by atoms with Gasteiger partial charge < -0.3 is 9.64 Å². The van der Waals surface area contributed by atoms with E-state index < -0.39 is 5.97 Å². The van der Waals surface area contributed by atoms with E-state index in [1.165, 1.54) is 7.11 Å². The van der Waals surface area contributed by atoms with Crippen molar-refractivity contribution in [3.05, 3.63) is 114 Å². The van der Waals surface area contributed by atoms with Gasteiger partial charge in [0.2, 0.25) is 0 Å². The Bertz CT molecular complexity index is 1290. The molecule has 0 aliphatic heterocycles. The lowest BCUT2D eigenvalue weighted by molar-refractivity contribution is 0.0600. The van der Waals surface area contributed by atoms with Crippen LogP contribution in [0.2, 0.25) is 0 Å². The number of pyridine rings is 2. The minimum atomic E-state index is -0.396. The molecular formula is C28H23N3O2. The Hall–Kier alpha value is -4.43. The molecule has 162 valence electrons. The second kappa shape index (κ2) is 10.3.